The van der Waals surface area contributed by atoms with Gasteiger partial charge in [-0.1, -0.05) is 11.6 Å². The summed E-state index contributed by atoms with van der Waals surface area (Å²) in [7, 11) is 1.99. The summed E-state index contributed by atoms with van der Waals surface area (Å²) >= 11 is 0. The normalized spacial score (nSPS) is 30.6. The van der Waals surface area contributed by atoms with Gasteiger partial charge in [-0.05, 0) is 39.4 Å². The first-order valence-corrected chi connectivity index (χ1v) is 8.06. The van der Waals surface area contributed by atoms with Crippen LogP contribution in [0.3, 0.4) is 0 Å². The molecule has 2 rings (SSSR count). The first-order chi connectivity index (χ1) is 10.1. The van der Waals surface area contributed by atoms with E-state index in [1.807, 2.05) is 7.05 Å². The highest BCUT2D eigenvalue weighted by Gasteiger charge is 2.22. The molecule has 0 aromatic carbocycles. The smallest absolute Gasteiger partial charge is 0.144 e. The van der Waals surface area contributed by atoms with Gasteiger partial charge in [0.1, 0.15) is 12.7 Å². The number of aliphatic hydroxyl groups is 2. The fraction of sp³-hybridized carbons (Fsp3) is 0.933. The second-order valence-corrected chi connectivity index (χ2v) is 6.44. The number of hydrogen-bond acceptors (Lipinski definition) is 6. The third-order valence-corrected chi connectivity index (χ3v) is 4.17. The van der Waals surface area contributed by atoms with Crippen LogP contribution in [-0.2, 0) is 4.84 Å². The second-order valence-electron chi connectivity index (χ2n) is 6.44. The zero-order valence-electron chi connectivity index (χ0n) is 13.0. The summed E-state index contributed by atoms with van der Waals surface area (Å²) in [6.07, 6.45) is 5.46. The Bertz CT molecular complexity index is 311. The lowest BCUT2D eigenvalue weighted by atomic mass is 9.98. The Hall–Kier alpha value is -0.690. The summed E-state index contributed by atoms with van der Waals surface area (Å²) in [6.45, 7) is 4.66. The molecule has 0 amide bonds. The van der Waals surface area contributed by atoms with Gasteiger partial charge in [-0.2, -0.15) is 0 Å². The Morgan fingerprint density at radius 3 is 2.76 bits per heavy atom. The molecule has 0 saturated carbocycles. The van der Waals surface area contributed by atoms with Crippen molar-refractivity contribution in [1.82, 2.24) is 9.80 Å². The standard InChI is InChI=1S/C15H29N3O3/c1-17-9-13(7-14(19)10-17)8-16-21-12-15(20)11-18-5-3-2-4-6-18/h8,13-15,19-20H,2-7,9-12H2,1H3/b16-8+/t13-,14+,15?/m1/s1. The number of rotatable bonds is 6. The van der Waals surface area contributed by atoms with Gasteiger partial charge in [0.25, 0.3) is 0 Å². The van der Waals surface area contributed by atoms with Gasteiger partial charge in [0.05, 0.1) is 6.10 Å². The van der Waals surface area contributed by atoms with Crippen molar-refractivity contribution in [2.75, 3.05) is 46.4 Å². The van der Waals surface area contributed by atoms with Crippen molar-refractivity contribution < 1.29 is 15.1 Å². The molecular formula is C15H29N3O3. The van der Waals surface area contributed by atoms with Crippen LogP contribution in [0.4, 0.5) is 0 Å². The van der Waals surface area contributed by atoms with Gasteiger partial charge in [0.15, 0.2) is 0 Å². The molecule has 3 atom stereocenters. The Kier molecular flexibility index (Phi) is 6.89. The zero-order chi connectivity index (χ0) is 15.1. The predicted octanol–water partition coefficient (Wildman–Crippen LogP) is 0.148. The second kappa shape index (κ2) is 8.68. The van der Waals surface area contributed by atoms with Crippen LogP contribution in [-0.4, -0.2) is 84.8 Å². The highest BCUT2D eigenvalue weighted by Crippen LogP contribution is 2.14. The van der Waals surface area contributed by atoms with E-state index in [9.17, 15) is 10.2 Å². The van der Waals surface area contributed by atoms with Gasteiger partial charge in [0.2, 0.25) is 0 Å². The lowest BCUT2D eigenvalue weighted by Gasteiger charge is -2.30. The van der Waals surface area contributed by atoms with Gasteiger partial charge in [-0.15, -0.1) is 0 Å². The van der Waals surface area contributed by atoms with Gasteiger partial charge in [0, 0.05) is 31.8 Å². The molecule has 2 saturated heterocycles. The molecule has 2 heterocycles. The maximum absolute atomic E-state index is 9.93. The molecule has 0 aliphatic carbocycles. The molecule has 2 aliphatic rings. The number of hydrogen-bond donors (Lipinski definition) is 2. The number of nitrogens with zero attached hydrogens (tertiary/aromatic N) is 3. The maximum atomic E-state index is 9.93. The van der Waals surface area contributed by atoms with E-state index in [4.69, 9.17) is 4.84 Å². The van der Waals surface area contributed by atoms with Crippen LogP contribution >= 0.6 is 0 Å². The number of piperidine rings is 2. The van der Waals surface area contributed by atoms with E-state index in [1.165, 1.54) is 19.3 Å². The highest BCUT2D eigenvalue weighted by molar-refractivity contribution is 5.60. The minimum Gasteiger partial charge on any atom is -0.393 e. The third kappa shape index (κ3) is 6.30. The van der Waals surface area contributed by atoms with E-state index in [0.29, 0.717) is 6.54 Å². The molecule has 2 fully saturated rings. The average Bonchev–Trinajstić information content (AvgIpc) is 2.44. The van der Waals surface area contributed by atoms with Crippen LogP contribution in [0.25, 0.3) is 0 Å². The predicted molar refractivity (Wildman–Crippen MR) is 82.4 cm³/mol. The molecule has 2 aliphatic heterocycles. The SMILES string of the molecule is CN1C[C@@H](O)C[C@H](/C=N/OCC(O)CN2CCCCC2)C1. The molecule has 6 heteroatoms. The number of aliphatic hydroxyl groups excluding tert-OH is 2. The molecule has 2 N–H and O–H groups in total. The monoisotopic (exact) mass is 299 g/mol. The fourth-order valence-electron chi connectivity index (χ4n) is 3.19. The van der Waals surface area contributed by atoms with Gasteiger partial charge in [-0.25, -0.2) is 0 Å². The van der Waals surface area contributed by atoms with Crippen molar-refractivity contribution in [2.45, 2.75) is 37.9 Å². The molecule has 1 unspecified atom stereocenters. The summed E-state index contributed by atoms with van der Waals surface area (Å²) in [5.41, 5.74) is 0. The fourth-order valence-corrected chi connectivity index (χ4v) is 3.19. The molecule has 0 bridgehead atoms. The van der Waals surface area contributed by atoms with Crippen LogP contribution in [0, 0.1) is 5.92 Å². The van der Waals surface area contributed by atoms with Crippen molar-refractivity contribution in [1.29, 1.82) is 0 Å². The number of likely N-dealkylation sites (tertiary alicyclic amines) is 2. The largest absolute Gasteiger partial charge is 0.393 e. The third-order valence-electron chi connectivity index (χ3n) is 4.17. The molecule has 122 valence electrons. The van der Waals surface area contributed by atoms with E-state index in [-0.39, 0.29) is 18.6 Å². The van der Waals surface area contributed by atoms with E-state index in [2.05, 4.69) is 15.0 Å². The molecule has 0 radical (unpaired) electrons. The summed E-state index contributed by atoms with van der Waals surface area (Å²) in [5, 5.41) is 23.6. The summed E-state index contributed by atoms with van der Waals surface area (Å²) in [4.78, 5) is 9.58. The molecule has 6 nitrogen and oxygen atoms in total. The van der Waals surface area contributed by atoms with E-state index in [1.54, 1.807) is 6.21 Å². The number of likely N-dealkylation sites (N-methyl/N-ethyl adjacent to an activating group) is 1. The van der Waals surface area contributed by atoms with Crippen molar-refractivity contribution in [3.63, 3.8) is 0 Å². The van der Waals surface area contributed by atoms with Crippen LogP contribution in [0.1, 0.15) is 25.7 Å². The highest BCUT2D eigenvalue weighted by atomic mass is 16.6. The Morgan fingerprint density at radius 2 is 2.05 bits per heavy atom. The van der Waals surface area contributed by atoms with Crippen molar-refractivity contribution in [2.24, 2.45) is 11.1 Å². The molecule has 21 heavy (non-hydrogen) atoms. The number of oxime groups is 1. The van der Waals surface area contributed by atoms with Crippen molar-refractivity contribution >= 4 is 6.21 Å². The molecular weight excluding hydrogens is 270 g/mol. The molecule has 0 aromatic heterocycles. The minimum atomic E-state index is -0.486. The lowest BCUT2D eigenvalue weighted by molar-refractivity contribution is 0.0150. The maximum Gasteiger partial charge on any atom is 0.144 e. The van der Waals surface area contributed by atoms with Crippen LogP contribution in [0.5, 0.6) is 0 Å². The zero-order valence-corrected chi connectivity index (χ0v) is 13.0. The summed E-state index contributed by atoms with van der Waals surface area (Å²) in [5.74, 6) is 0.220. The Balaban J connectivity index is 1.60. The quantitative estimate of drug-likeness (QED) is 0.540. The van der Waals surface area contributed by atoms with Crippen LogP contribution < -0.4 is 0 Å². The first kappa shape index (κ1) is 16.7. The average molecular weight is 299 g/mol. The first-order valence-electron chi connectivity index (χ1n) is 8.06. The number of β-amino-alcohol motifs (C(OH)–C–C–N with tert-alkyl or cyclic N) is 2. The van der Waals surface area contributed by atoms with Gasteiger partial charge < -0.3 is 24.9 Å². The van der Waals surface area contributed by atoms with Gasteiger partial charge >= 0.3 is 0 Å². The summed E-state index contributed by atoms with van der Waals surface area (Å²) < 4.78 is 0. The Morgan fingerprint density at radius 1 is 1.29 bits per heavy atom. The molecule has 0 aromatic rings. The van der Waals surface area contributed by atoms with E-state index in [0.717, 1.165) is 32.6 Å². The topological polar surface area (TPSA) is 68.5 Å². The van der Waals surface area contributed by atoms with E-state index >= 15 is 0 Å². The summed E-state index contributed by atoms with van der Waals surface area (Å²) in [6, 6.07) is 0. The van der Waals surface area contributed by atoms with Crippen LogP contribution in [0.15, 0.2) is 5.16 Å². The van der Waals surface area contributed by atoms with E-state index < -0.39 is 6.10 Å². The lowest BCUT2D eigenvalue weighted by Crippen LogP contribution is -2.41. The Labute approximate surface area is 127 Å². The minimum absolute atomic E-state index is 0.220. The van der Waals surface area contributed by atoms with Crippen molar-refractivity contribution in [3.8, 4) is 0 Å². The van der Waals surface area contributed by atoms with Crippen LogP contribution in [0.2, 0.25) is 0 Å². The van der Waals surface area contributed by atoms with Crippen molar-refractivity contribution in [3.05, 3.63) is 0 Å². The molecule has 0 spiro atoms. The van der Waals surface area contributed by atoms with Gasteiger partial charge in [-0.3, -0.25) is 0 Å².